The lowest BCUT2D eigenvalue weighted by Crippen LogP contribution is -2.13. The molecule has 0 bridgehead atoms. The van der Waals surface area contributed by atoms with Crippen molar-refractivity contribution >= 4 is 50.7 Å². The van der Waals surface area contributed by atoms with Crippen molar-refractivity contribution in [2.24, 2.45) is 0 Å². The fourth-order valence-electron chi connectivity index (χ4n) is 1.73. The number of hydrogen-bond donors (Lipinski definition) is 1. The zero-order valence-electron chi connectivity index (χ0n) is 11.5. The van der Waals surface area contributed by atoms with E-state index in [1.165, 1.54) is 0 Å². The van der Waals surface area contributed by atoms with Gasteiger partial charge < -0.3 is 5.32 Å². The minimum Gasteiger partial charge on any atom is -0.321 e. The molecule has 1 heterocycles. The molecule has 0 saturated carbocycles. The van der Waals surface area contributed by atoms with Gasteiger partial charge in [-0.25, -0.2) is 4.98 Å². The number of carbonyl (C=O) groups is 1. The number of rotatable bonds is 3. The van der Waals surface area contributed by atoms with Crippen LogP contribution in [0.25, 0.3) is 0 Å². The molecular weight excluding hydrogens is 375 g/mol. The second-order valence-corrected chi connectivity index (χ2v) is 6.51. The highest BCUT2D eigenvalue weighted by molar-refractivity contribution is 9.10. The molecule has 0 spiro atoms. The van der Waals surface area contributed by atoms with Gasteiger partial charge in [0, 0.05) is 20.8 Å². The zero-order valence-corrected chi connectivity index (χ0v) is 14.6. The van der Waals surface area contributed by atoms with Gasteiger partial charge in [0.1, 0.15) is 5.15 Å². The van der Waals surface area contributed by atoms with Crippen LogP contribution in [0.2, 0.25) is 10.2 Å². The van der Waals surface area contributed by atoms with Crippen molar-refractivity contribution in [2.75, 3.05) is 5.32 Å². The summed E-state index contributed by atoms with van der Waals surface area (Å²) in [5, 5.41) is 3.71. The van der Waals surface area contributed by atoms with Gasteiger partial charge in [-0.2, -0.15) is 0 Å². The number of nitrogens with one attached hydrogen (secondary N) is 1. The van der Waals surface area contributed by atoms with E-state index in [1.807, 2.05) is 13.8 Å². The lowest BCUT2D eigenvalue weighted by molar-refractivity contribution is 0.102. The summed E-state index contributed by atoms with van der Waals surface area (Å²) < 4.78 is 0.715. The summed E-state index contributed by atoms with van der Waals surface area (Å²) in [6, 6.07) is 8.45. The van der Waals surface area contributed by atoms with Crippen molar-refractivity contribution in [3.8, 4) is 0 Å². The summed E-state index contributed by atoms with van der Waals surface area (Å²) in [5.74, 6) is -0.0539. The van der Waals surface area contributed by atoms with Crippen molar-refractivity contribution in [2.45, 2.75) is 19.8 Å². The van der Waals surface area contributed by atoms with E-state index in [0.29, 0.717) is 25.9 Å². The smallest absolute Gasteiger partial charge is 0.255 e. The lowest BCUT2D eigenvalue weighted by atomic mass is 10.1. The fraction of sp³-hybridized carbons (Fsp3) is 0.200. The fourth-order valence-corrected chi connectivity index (χ4v) is 2.73. The van der Waals surface area contributed by atoms with Gasteiger partial charge in [-0.1, -0.05) is 37.0 Å². The third-order valence-corrected chi connectivity index (χ3v) is 3.93. The summed E-state index contributed by atoms with van der Waals surface area (Å²) in [4.78, 5) is 16.5. The minimum absolute atomic E-state index is 0.192. The predicted octanol–water partition coefficient (Wildman–Crippen LogP) is 5.53. The van der Waals surface area contributed by atoms with Crippen molar-refractivity contribution in [3.05, 3.63) is 56.2 Å². The van der Waals surface area contributed by atoms with Gasteiger partial charge in [0.25, 0.3) is 5.91 Å². The molecule has 0 radical (unpaired) electrons. The Bertz CT molecular complexity index is 689. The Balaban J connectivity index is 2.28. The molecule has 3 nitrogen and oxygen atoms in total. The molecule has 1 aromatic heterocycles. The number of benzene rings is 1. The second-order valence-electron chi connectivity index (χ2n) is 4.84. The average molecular weight is 388 g/mol. The molecule has 0 aliphatic rings. The monoisotopic (exact) mass is 386 g/mol. The quantitative estimate of drug-likeness (QED) is 0.703. The first kappa shape index (κ1) is 16.3. The first-order valence-corrected chi connectivity index (χ1v) is 7.85. The molecule has 21 heavy (non-hydrogen) atoms. The van der Waals surface area contributed by atoms with Gasteiger partial charge in [0.2, 0.25) is 0 Å². The molecule has 1 aromatic carbocycles. The molecule has 6 heteroatoms. The molecule has 2 rings (SSSR count). The highest BCUT2D eigenvalue weighted by atomic mass is 79.9. The molecule has 0 unspecified atom stereocenters. The third kappa shape index (κ3) is 4.19. The molecule has 1 N–H and O–H groups in total. The van der Waals surface area contributed by atoms with Gasteiger partial charge >= 0.3 is 0 Å². The maximum atomic E-state index is 12.3. The van der Waals surface area contributed by atoms with Crippen molar-refractivity contribution in [1.29, 1.82) is 0 Å². The van der Waals surface area contributed by atoms with Crippen LogP contribution in [0.3, 0.4) is 0 Å². The SMILES string of the molecule is CC(C)c1cc(C(=O)Nc2ccc(Cl)cc2Br)cc(Cl)n1. The van der Waals surface area contributed by atoms with Crippen molar-refractivity contribution < 1.29 is 4.79 Å². The Morgan fingerprint density at radius 3 is 2.57 bits per heavy atom. The minimum atomic E-state index is -0.246. The predicted molar refractivity (Wildman–Crippen MR) is 90.4 cm³/mol. The van der Waals surface area contributed by atoms with E-state index in [9.17, 15) is 4.79 Å². The van der Waals surface area contributed by atoms with Gasteiger partial charge in [0.05, 0.1) is 5.69 Å². The van der Waals surface area contributed by atoms with Crippen LogP contribution in [-0.2, 0) is 0 Å². The first-order chi connectivity index (χ1) is 9.86. The summed E-state index contributed by atoms with van der Waals surface area (Å²) in [5.41, 5.74) is 1.90. The normalized spacial score (nSPS) is 10.8. The van der Waals surface area contributed by atoms with Crippen LogP contribution in [0.15, 0.2) is 34.8 Å². The molecule has 2 aromatic rings. The van der Waals surface area contributed by atoms with Crippen LogP contribution in [0.4, 0.5) is 5.69 Å². The van der Waals surface area contributed by atoms with Crippen LogP contribution in [0, 0.1) is 0 Å². The Morgan fingerprint density at radius 1 is 1.24 bits per heavy atom. The lowest BCUT2D eigenvalue weighted by Gasteiger charge is -2.10. The maximum Gasteiger partial charge on any atom is 0.255 e. The van der Waals surface area contributed by atoms with Gasteiger partial charge in [-0.05, 0) is 52.2 Å². The maximum absolute atomic E-state index is 12.3. The van der Waals surface area contributed by atoms with E-state index in [4.69, 9.17) is 23.2 Å². The van der Waals surface area contributed by atoms with Crippen LogP contribution < -0.4 is 5.32 Å². The Morgan fingerprint density at radius 2 is 1.95 bits per heavy atom. The number of anilines is 1. The highest BCUT2D eigenvalue weighted by Crippen LogP contribution is 2.27. The number of aromatic nitrogens is 1. The van der Waals surface area contributed by atoms with Gasteiger partial charge in [0.15, 0.2) is 0 Å². The number of hydrogen-bond acceptors (Lipinski definition) is 2. The molecule has 0 aliphatic carbocycles. The molecular formula is C15H13BrCl2N2O. The number of pyridine rings is 1. The number of carbonyl (C=O) groups excluding carboxylic acids is 1. The highest BCUT2D eigenvalue weighted by Gasteiger charge is 2.12. The van der Waals surface area contributed by atoms with E-state index in [2.05, 4.69) is 26.2 Å². The van der Waals surface area contributed by atoms with Gasteiger partial charge in [-0.15, -0.1) is 0 Å². The molecule has 0 atom stereocenters. The van der Waals surface area contributed by atoms with E-state index in [0.717, 1.165) is 5.69 Å². The van der Waals surface area contributed by atoms with E-state index >= 15 is 0 Å². The first-order valence-electron chi connectivity index (χ1n) is 6.30. The molecule has 0 saturated heterocycles. The summed E-state index contributed by atoms with van der Waals surface area (Å²) in [6.07, 6.45) is 0. The summed E-state index contributed by atoms with van der Waals surface area (Å²) >= 11 is 15.2. The topological polar surface area (TPSA) is 42.0 Å². The third-order valence-electron chi connectivity index (χ3n) is 2.85. The number of halogens is 3. The summed E-state index contributed by atoms with van der Waals surface area (Å²) in [6.45, 7) is 3.99. The standard InChI is InChI=1S/C15H13BrCl2N2O/c1-8(2)13-5-9(6-14(18)19-13)15(21)20-12-4-3-10(17)7-11(12)16/h3-8H,1-2H3,(H,20,21). The largest absolute Gasteiger partial charge is 0.321 e. The zero-order chi connectivity index (χ0) is 15.6. The van der Waals surface area contributed by atoms with Crippen molar-refractivity contribution in [3.63, 3.8) is 0 Å². The molecule has 1 amide bonds. The van der Waals surface area contributed by atoms with Crippen LogP contribution in [0.5, 0.6) is 0 Å². The molecule has 0 fully saturated rings. The Hall–Kier alpha value is -1.10. The Labute approximate surface area is 141 Å². The van der Waals surface area contributed by atoms with Crippen LogP contribution >= 0.6 is 39.1 Å². The average Bonchev–Trinajstić information content (AvgIpc) is 2.41. The van der Waals surface area contributed by atoms with E-state index in [1.54, 1.807) is 30.3 Å². The van der Waals surface area contributed by atoms with E-state index < -0.39 is 0 Å². The molecule has 110 valence electrons. The van der Waals surface area contributed by atoms with E-state index in [-0.39, 0.29) is 11.8 Å². The summed E-state index contributed by atoms with van der Waals surface area (Å²) in [7, 11) is 0. The molecule has 0 aliphatic heterocycles. The van der Waals surface area contributed by atoms with Gasteiger partial charge in [-0.3, -0.25) is 4.79 Å². The second kappa shape index (κ2) is 6.77. The Kier molecular flexibility index (Phi) is 5.25. The van der Waals surface area contributed by atoms with Crippen LogP contribution in [-0.4, -0.2) is 10.9 Å². The number of nitrogens with zero attached hydrogens (tertiary/aromatic N) is 1. The number of amides is 1. The van der Waals surface area contributed by atoms with Crippen molar-refractivity contribution in [1.82, 2.24) is 4.98 Å². The van der Waals surface area contributed by atoms with Crippen LogP contribution in [0.1, 0.15) is 35.8 Å².